The van der Waals surface area contributed by atoms with E-state index < -0.39 is 17.2 Å². The second kappa shape index (κ2) is 4.70. The fourth-order valence-corrected chi connectivity index (χ4v) is 1.94. The maximum atomic E-state index is 13.7. The summed E-state index contributed by atoms with van der Waals surface area (Å²) in [4.78, 5) is 0. The van der Waals surface area contributed by atoms with Crippen molar-refractivity contribution in [3.63, 3.8) is 0 Å². The molecule has 4 heteroatoms. The highest BCUT2D eigenvalue weighted by molar-refractivity contribution is 5.27. The number of hydrogen-bond donors (Lipinski definition) is 2. The Labute approximate surface area is 99.7 Å². The topological polar surface area (TPSA) is 32.3 Å². The van der Waals surface area contributed by atoms with Crippen LogP contribution in [0.25, 0.3) is 0 Å². The molecule has 1 aromatic rings. The SMILES string of the molecule is CC(CO)(NCC1CC1)c1c(F)cccc1F. The number of hydrogen-bond acceptors (Lipinski definition) is 2. The Morgan fingerprint density at radius 3 is 2.41 bits per heavy atom. The van der Waals surface area contributed by atoms with E-state index >= 15 is 0 Å². The molecule has 1 aliphatic rings. The summed E-state index contributed by atoms with van der Waals surface area (Å²) >= 11 is 0. The molecule has 1 saturated carbocycles. The maximum absolute atomic E-state index is 13.7. The minimum absolute atomic E-state index is 0.0804. The predicted octanol–water partition coefficient (Wildman–Crippen LogP) is 2.17. The second-order valence-corrected chi connectivity index (χ2v) is 4.91. The summed E-state index contributed by atoms with van der Waals surface area (Å²) in [5.74, 6) is -0.662. The highest BCUT2D eigenvalue weighted by atomic mass is 19.1. The van der Waals surface area contributed by atoms with E-state index in [0.29, 0.717) is 12.5 Å². The third-order valence-electron chi connectivity index (χ3n) is 3.31. The van der Waals surface area contributed by atoms with Gasteiger partial charge in [0.2, 0.25) is 0 Å². The average molecular weight is 241 g/mol. The first-order valence-electron chi connectivity index (χ1n) is 5.87. The lowest BCUT2D eigenvalue weighted by atomic mass is 9.91. The van der Waals surface area contributed by atoms with Crippen molar-refractivity contribution in [2.24, 2.45) is 5.92 Å². The first-order chi connectivity index (χ1) is 8.07. The maximum Gasteiger partial charge on any atom is 0.131 e. The third kappa shape index (κ3) is 2.64. The van der Waals surface area contributed by atoms with Crippen molar-refractivity contribution in [1.82, 2.24) is 5.32 Å². The fraction of sp³-hybridized carbons (Fsp3) is 0.538. The Hall–Kier alpha value is -1.00. The Morgan fingerprint density at radius 1 is 1.35 bits per heavy atom. The first kappa shape index (κ1) is 12.5. The molecule has 0 spiro atoms. The van der Waals surface area contributed by atoms with Crippen molar-refractivity contribution >= 4 is 0 Å². The molecule has 0 aliphatic heterocycles. The smallest absolute Gasteiger partial charge is 0.131 e. The zero-order valence-electron chi connectivity index (χ0n) is 9.84. The molecule has 94 valence electrons. The van der Waals surface area contributed by atoms with Gasteiger partial charge in [0.05, 0.1) is 12.1 Å². The summed E-state index contributed by atoms with van der Waals surface area (Å²) in [5, 5.41) is 12.5. The van der Waals surface area contributed by atoms with Gasteiger partial charge >= 0.3 is 0 Å². The van der Waals surface area contributed by atoms with Gasteiger partial charge in [-0.2, -0.15) is 0 Å². The Bertz CT molecular complexity index is 386. The van der Waals surface area contributed by atoms with Gasteiger partial charge in [0.1, 0.15) is 11.6 Å². The zero-order chi connectivity index (χ0) is 12.5. The summed E-state index contributed by atoms with van der Waals surface area (Å²) in [6.45, 7) is 1.97. The van der Waals surface area contributed by atoms with Crippen LogP contribution in [0.2, 0.25) is 0 Å². The monoisotopic (exact) mass is 241 g/mol. The largest absolute Gasteiger partial charge is 0.394 e. The van der Waals surface area contributed by atoms with E-state index in [4.69, 9.17) is 0 Å². The molecule has 1 unspecified atom stereocenters. The van der Waals surface area contributed by atoms with Crippen LogP contribution in [0.4, 0.5) is 8.78 Å². The van der Waals surface area contributed by atoms with E-state index in [1.54, 1.807) is 6.92 Å². The van der Waals surface area contributed by atoms with Crippen LogP contribution in [0, 0.1) is 17.6 Å². The van der Waals surface area contributed by atoms with Gasteiger partial charge in [-0.25, -0.2) is 8.78 Å². The van der Waals surface area contributed by atoms with Crippen LogP contribution >= 0.6 is 0 Å². The van der Waals surface area contributed by atoms with E-state index in [9.17, 15) is 13.9 Å². The van der Waals surface area contributed by atoms with Crippen LogP contribution in [0.3, 0.4) is 0 Å². The Balaban J connectivity index is 2.25. The van der Waals surface area contributed by atoms with Crippen molar-refractivity contribution in [2.45, 2.75) is 25.3 Å². The van der Waals surface area contributed by atoms with Crippen LogP contribution in [0.1, 0.15) is 25.3 Å². The molecule has 0 saturated heterocycles. The van der Waals surface area contributed by atoms with Gasteiger partial charge in [-0.15, -0.1) is 0 Å². The van der Waals surface area contributed by atoms with Crippen LogP contribution in [-0.2, 0) is 5.54 Å². The van der Waals surface area contributed by atoms with Crippen LogP contribution in [-0.4, -0.2) is 18.3 Å². The van der Waals surface area contributed by atoms with Gasteiger partial charge in [0.15, 0.2) is 0 Å². The Kier molecular flexibility index (Phi) is 3.45. The van der Waals surface area contributed by atoms with Crippen molar-refractivity contribution in [3.8, 4) is 0 Å². The minimum Gasteiger partial charge on any atom is -0.394 e. The molecule has 1 atom stereocenters. The minimum atomic E-state index is -1.06. The molecule has 2 nitrogen and oxygen atoms in total. The lowest BCUT2D eigenvalue weighted by Gasteiger charge is -2.30. The number of aliphatic hydroxyl groups is 1. The first-order valence-corrected chi connectivity index (χ1v) is 5.87. The van der Waals surface area contributed by atoms with E-state index in [-0.39, 0.29) is 12.2 Å². The van der Waals surface area contributed by atoms with Crippen LogP contribution in [0.15, 0.2) is 18.2 Å². The number of nitrogens with one attached hydrogen (secondary N) is 1. The summed E-state index contributed by atoms with van der Waals surface area (Å²) < 4.78 is 27.4. The molecule has 0 radical (unpaired) electrons. The molecule has 17 heavy (non-hydrogen) atoms. The number of halogens is 2. The van der Waals surface area contributed by atoms with Gasteiger partial charge < -0.3 is 10.4 Å². The molecule has 1 fully saturated rings. The normalized spacial score (nSPS) is 19.1. The molecule has 1 aromatic carbocycles. The van der Waals surface area contributed by atoms with E-state index in [0.717, 1.165) is 12.8 Å². The van der Waals surface area contributed by atoms with Gasteiger partial charge in [-0.3, -0.25) is 0 Å². The fourth-order valence-electron chi connectivity index (χ4n) is 1.94. The molecule has 1 aliphatic carbocycles. The third-order valence-corrected chi connectivity index (χ3v) is 3.31. The van der Waals surface area contributed by atoms with Gasteiger partial charge in [0.25, 0.3) is 0 Å². The highest BCUT2D eigenvalue weighted by Gasteiger charge is 2.33. The quantitative estimate of drug-likeness (QED) is 0.828. The highest BCUT2D eigenvalue weighted by Crippen LogP contribution is 2.31. The molecular weight excluding hydrogens is 224 g/mol. The van der Waals surface area contributed by atoms with E-state index in [1.807, 2.05) is 0 Å². The molecule has 0 amide bonds. The van der Waals surface area contributed by atoms with Crippen LogP contribution < -0.4 is 5.32 Å². The van der Waals surface area contributed by atoms with Crippen molar-refractivity contribution in [2.75, 3.05) is 13.2 Å². The molecule has 2 N–H and O–H groups in total. The molecule has 0 heterocycles. The molecule has 2 rings (SSSR count). The lowest BCUT2D eigenvalue weighted by Crippen LogP contribution is -2.45. The molecular formula is C13H17F2NO. The second-order valence-electron chi connectivity index (χ2n) is 4.91. The summed E-state index contributed by atoms with van der Waals surface area (Å²) in [5.41, 5.74) is -1.14. The van der Waals surface area contributed by atoms with Gasteiger partial charge in [-0.05, 0) is 44.4 Å². The molecule has 0 bridgehead atoms. The lowest BCUT2D eigenvalue weighted by molar-refractivity contribution is 0.166. The van der Waals surface area contributed by atoms with Gasteiger partial charge in [0, 0.05) is 5.56 Å². The van der Waals surface area contributed by atoms with Crippen molar-refractivity contribution in [1.29, 1.82) is 0 Å². The van der Waals surface area contributed by atoms with Gasteiger partial charge in [-0.1, -0.05) is 6.07 Å². The van der Waals surface area contributed by atoms with Crippen LogP contribution in [0.5, 0.6) is 0 Å². The van der Waals surface area contributed by atoms with E-state index in [2.05, 4.69) is 5.32 Å². The standard InChI is InChI=1S/C13H17F2NO/c1-13(8-17,16-7-9-5-6-9)12-10(14)3-2-4-11(12)15/h2-4,9,16-17H,5-8H2,1H3. The predicted molar refractivity (Wildman–Crippen MR) is 61.5 cm³/mol. The van der Waals surface area contributed by atoms with Crippen molar-refractivity contribution in [3.05, 3.63) is 35.4 Å². The zero-order valence-corrected chi connectivity index (χ0v) is 9.84. The average Bonchev–Trinajstić information content (AvgIpc) is 3.10. The summed E-state index contributed by atoms with van der Waals surface area (Å²) in [7, 11) is 0. The molecule has 0 aromatic heterocycles. The van der Waals surface area contributed by atoms with E-state index in [1.165, 1.54) is 18.2 Å². The number of rotatable bonds is 5. The number of aliphatic hydroxyl groups excluding tert-OH is 1. The number of benzene rings is 1. The Morgan fingerprint density at radius 2 is 1.94 bits per heavy atom. The van der Waals surface area contributed by atoms with Crippen molar-refractivity contribution < 1.29 is 13.9 Å². The summed E-state index contributed by atoms with van der Waals surface area (Å²) in [6, 6.07) is 3.75. The summed E-state index contributed by atoms with van der Waals surface area (Å²) in [6.07, 6.45) is 2.29.